The minimum absolute atomic E-state index is 0.195. The van der Waals surface area contributed by atoms with Gasteiger partial charge in [0.05, 0.1) is 11.0 Å². The highest BCUT2D eigenvalue weighted by atomic mass is 32.1. The van der Waals surface area contributed by atoms with Crippen molar-refractivity contribution in [1.29, 1.82) is 0 Å². The van der Waals surface area contributed by atoms with Crippen molar-refractivity contribution in [2.24, 2.45) is 0 Å². The normalized spacial score (nSPS) is 12.1. The fourth-order valence-corrected chi connectivity index (χ4v) is 9.25. The molecule has 1 heterocycles. The first kappa shape index (κ1) is 34.9. The number of fused-ring (bicyclic) bond motifs is 5. The van der Waals surface area contributed by atoms with Gasteiger partial charge in [0.25, 0.3) is 0 Å². The highest BCUT2D eigenvalue weighted by Crippen LogP contribution is 2.45. The van der Waals surface area contributed by atoms with Crippen molar-refractivity contribution in [1.82, 2.24) is 4.57 Å². The van der Waals surface area contributed by atoms with Gasteiger partial charge in [0.1, 0.15) is 0 Å². The molecule has 274 valence electrons. The van der Waals surface area contributed by atoms with Gasteiger partial charge in [-0.2, -0.15) is 12.6 Å². The van der Waals surface area contributed by atoms with E-state index in [1.165, 1.54) is 71.2 Å². The number of rotatable bonds is 9. The maximum Gasteiger partial charge on any atom is 0.0542 e. The standard InChI is InChI=1S/C54H42N2S/c1-2-16-52(57)39-29-33-50-48(35-39)49-36-43(32-34-51(49)56(50)41-21-10-5-11-22-41)55(40-19-8-4-9-20-40)42-30-27-38(28-31-42)54-46-25-14-12-23-44(46)53(37-17-6-3-7-18-37)45-24-13-15-26-47(45)54/h3-15,17-36,52,57H,2,16H2,1H3. The Kier molecular flexibility index (Phi) is 9.09. The summed E-state index contributed by atoms with van der Waals surface area (Å²) in [5.74, 6) is 0. The van der Waals surface area contributed by atoms with Crippen LogP contribution in [0, 0.1) is 0 Å². The highest BCUT2D eigenvalue weighted by Gasteiger charge is 2.20. The summed E-state index contributed by atoms with van der Waals surface area (Å²) in [5.41, 5.74) is 13.1. The van der Waals surface area contributed by atoms with Crippen LogP contribution in [0.2, 0.25) is 0 Å². The van der Waals surface area contributed by atoms with Crippen molar-refractivity contribution in [2.45, 2.75) is 25.0 Å². The third-order valence-electron chi connectivity index (χ3n) is 11.4. The van der Waals surface area contributed by atoms with Crippen LogP contribution in [0.4, 0.5) is 17.1 Å². The first-order valence-electron chi connectivity index (χ1n) is 19.9. The Morgan fingerprint density at radius 3 is 1.47 bits per heavy atom. The maximum atomic E-state index is 5.03. The van der Waals surface area contributed by atoms with E-state index >= 15 is 0 Å². The first-order chi connectivity index (χ1) is 28.2. The second kappa shape index (κ2) is 14.8. The van der Waals surface area contributed by atoms with Crippen molar-refractivity contribution in [2.75, 3.05) is 4.90 Å². The number of aromatic nitrogens is 1. The predicted octanol–water partition coefficient (Wildman–Crippen LogP) is 15.7. The van der Waals surface area contributed by atoms with E-state index < -0.39 is 0 Å². The average molecular weight is 751 g/mol. The summed E-state index contributed by atoms with van der Waals surface area (Å²) in [5, 5.41) is 7.69. The summed E-state index contributed by atoms with van der Waals surface area (Å²) in [6.45, 7) is 2.23. The Morgan fingerprint density at radius 2 is 0.895 bits per heavy atom. The number of anilines is 3. The molecule has 0 saturated carbocycles. The second-order valence-electron chi connectivity index (χ2n) is 14.9. The van der Waals surface area contributed by atoms with Crippen LogP contribution < -0.4 is 4.90 Å². The highest BCUT2D eigenvalue weighted by molar-refractivity contribution is 7.80. The minimum atomic E-state index is 0.195. The summed E-state index contributed by atoms with van der Waals surface area (Å²) < 4.78 is 2.39. The van der Waals surface area contributed by atoms with Crippen LogP contribution >= 0.6 is 12.6 Å². The summed E-state index contributed by atoms with van der Waals surface area (Å²) in [6.07, 6.45) is 2.14. The quantitative estimate of drug-likeness (QED) is 0.114. The van der Waals surface area contributed by atoms with Crippen LogP contribution in [0.15, 0.2) is 200 Å². The summed E-state index contributed by atoms with van der Waals surface area (Å²) >= 11 is 5.03. The average Bonchev–Trinajstić information content (AvgIpc) is 3.60. The van der Waals surface area contributed by atoms with Crippen molar-refractivity contribution in [3.8, 4) is 27.9 Å². The lowest BCUT2D eigenvalue weighted by Gasteiger charge is -2.26. The largest absolute Gasteiger partial charge is 0.310 e. The van der Waals surface area contributed by atoms with E-state index in [0.717, 1.165) is 35.6 Å². The van der Waals surface area contributed by atoms with Crippen LogP contribution in [0.3, 0.4) is 0 Å². The number of para-hydroxylation sites is 2. The van der Waals surface area contributed by atoms with E-state index in [1.807, 2.05) is 0 Å². The summed E-state index contributed by atoms with van der Waals surface area (Å²) in [4.78, 5) is 2.38. The lowest BCUT2D eigenvalue weighted by atomic mass is 9.86. The van der Waals surface area contributed by atoms with Gasteiger partial charge in [0.2, 0.25) is 0 Å². The molecule has 0 aliphatic rings. The van der Waals surface area contributed by atoms with E-state index in [-0.39, 0.29) is 5.25 Å². The number of hydrogen-bond donors (Lipinski definition) is 1. The van der Waals surface area contributed by atoms with E-state index in [0.29, 0.717) is 0 Å². The van der Waals surface area contributed by atoms with Gasteiger partial charge in [-0.05, 0) is 123 Å². The Bertz CT molecular complexity index is 2970. The Hall–Kier alpha value is -6.55. The van der Waals surface area contributed by atoms with Crippen LogP contribution in [0.25, 0.3) is 71.3 Å². The molecule has 0 aliphatic heterocycles. The van der Waals surface area contributed by atoms with Crippen LogP contribution in [-0.4, -0.2) is 4.57 Å². The molecule has 57 heavy (non-hydrogen) atoms. The molecule has 0 saturated heterocycles. The molecule has 10 rings (SSSR count). The van der Waals surface area contributed by atoms with E-state index in [9.17, 15) is 0 Å². The Morgan fingerprint density at radius 1 is 0.439 bits per heavy atom. The smallest absolute Gasteiger partial charge is 0.0542 e. The first-order valence-corrected chi connectivity index (χ1v) is 20.5. The van der Waals surface area contributed by atoms with Gasteiger partial charge in [0, 0.05) is 38.8 Å². The second-order valence-corrected chi connectivity index (χ2v) is 15.5. The zero-order valence-electron chi connectivity index (χ0n) is 31.9. The van der Waals surface area contributed by atoms with E-state index in [4.69, 9.17) is 12.6 Å². The molecule has 0 radical (unpaired) electrons. The maximum absolute atomic E-state index is 5.03. The Labute approximate surface area is 339 Å². The number of nitrogens with zero attached hydrogens (tertiary/aromatic N) is 2. The zero-order valence-corrected chi connectivity index (χ0v) is 32.8. The van der Waals surface area contributed by atoms with Crippen LogP contribution in [-0.2, 0) is 0 Å². The zero-order chi connectivity index (χ0) is 38.3. The van der Waals surface area contributed by atoms with Crippen molar-refractivity contribution < 1.29 is 0 Å². The molecule has 0 bridgehead atoms. The van der Waals surface area contributed by atoms with Gasteiger partial charge in [-0.1, -0.05) is 147 Å². The lowest BCUT2D eigenvalue weighted by Crippen LogP contribution is -2.09. The molecule has 0 aliphatic carbocycles. The minimum Gasteiger partial charge on any atom is -0.310 e. The van der Waals surface area contributed by atoms with Crippen molar-refractivity contribution in [3.63, 3.8) is 0 Å². The third-order valence-corrected chi connectivity index (χ3v) is 12.0. The molecule has 1 aromatic heterocycles. The monoisotopic (exact) mass is 750 g/mol. The molecule has 10 aromatic rings. The third kappa shape index (κ3) is 6.16. The van der Waals surface area contributed by atoms with Gasteiger partial charge < -0.3 is 9.47 Å². The van der Waals surface area contributed by atoms with Gasteiger partial charge >= 0.3 is 0 Å². The summed E-state index contributed by atoms with van der Waals surface area (Å²) in [6, 6.07) is 72.9. The van der Waals surface area contributed by atoms with Gasteiger partial charge in [-0.15, -0.1) is 0 Å². The summed E-state index contributed by atoms with van der Waals surface area (Å²) in [7, 11) is 0. The fourth-order valence-electron chi connectivity index (χ4n) is 8.83. The molecule has 0 spiro atoms. The van der Waals surface area contributed by atoms with Gasteiger partial charge in [-0.3, -0.25) is 0 Å². The molecular formula is C54H42N2S. The molecule has 0 N–H and O–H groups in total. The van der Waals surface area contributed by atoms with Gasteiger partial charge in [0.15, 0.2) is 0 Å². The topological polar surface area (TPSA) is 8.17 Å². The molecule has 3 heteroatoms. The molecular weight excluding hydrogens is 709 g/mol. The number of benzene rings is 9. The van der Waals surface area contributed by atoms with E-state index in [2.05, 4.69) is 217 Å². The van der Waals surface area contributed by atoms with Crippen LogP contribution in [0.5, 0.6) is 0 Å². The molecule has 0 fully saturated rings. The van der Waals surface area contributed by atoms with Gasteiger partial charge in [-0.25, -0.2) is 0 Å². The Balaban J connectivity index is 1.14. The van der Waals surface area contributed by atoms with Crippen molar-refractivity contribution in [3.05, 3.63) is 206 Å². The molecule has 2 nitrogen and oxygen atoms in total. The predicted molar refractivity (Wildman–Crippen MR) is 248 cm³/mol. The molecule has 0 amide bonds. The molecule has 9 aromatic carbocycles. The van der Waals surface area contributed by atoms with E-state index in [1.54, 1.807) is 0 Å². The number of hydrogen-bond acceptors (Lipinski definition) is 2. The number of thiol groups is 1. The molecule has 1 atom stereocenters. The van der Waals surface area contributed by atoms with Crippen LogP contribution in [0.1, 0.15) is 30.6 Å². The lowest BCUT2D eigenvalue weighted by molar-refractivity contribution is 0.783. The molecule has 1 unspecified atom stereocenters. The fraction of sp³-hybridized carbons (Fsp3) is 0.0741. The van der Waals surface area contributed by atoms with Crippen molar-refractivity contribution >= 4 is 73.0 Å². The SMILES string of the molecule is CCCC(S)c1ccc2c(c1)c1cc(N(c3ccccc3)c3ccc(-c4c5ccccc5c(-c5ccccc5)c5ccccc45)cc3)ccc1n2-c1ccccc1.